The Morgan fingerprint density at radius 2 is 1.75 bits per heavy atom. The molecule has 1 nitrogen and oxygen atoms in total. The second-order valence-electron chi connectivity index (χ2n) is 1.57. The van der Waals surface area contributed by atoms with E-state index in [1.807, 2.05) is 27.7 Å². The Labute approximate surface area is 77.9 Å². The molecule has 0 atom stereocenters. The predicted octanol–water partition coefficient (Wildman–Crippen LogP) is 4.22. The first-order valence-electron chi connectivity index (χ1n) is 4.53. The SMILES string of the molecule is C/C=C\CC.C=CN=CC.CC. The fourth-order valence-electron chi connectivity index (χ4n) is 0.341. The van der Waals surface area contributed by atoms with E-state index in [1.54, 1.807) is 6.21 Å². The molecule has 0 aromatic heterocycles. The lowest BCUT2D eigenvalue weighted by molar-refractivity contribution is 1.22. The number of allylic oxidation sites excluding steroid dienone is 2. The second-order valence-corrected chi connectivity index (χ2v) is 1.57. The van der Waals surface area contributed by atoms with E-state index >= 15 is 0 Å². The van der Waals surface area contributed by atoms with Crippen LogP contribution in [0.2, 0.25) is 0 Å². The maximum absolute atomic E-state index is 3.61. The molecule has 0 aliphatic carbocycles. The van der Waals surface area contributed by atoms with Crippen LogP contribution in [-0.2, 0) is 0 Å². The van der Waals surface area contributed by atoms with Gasteiger partial charge in [-0.25, -0.2) is 0 Å². The van der Waals surface area contributed by atoms with Crippen LogP contribution in [0.5, 0.6) is 0 Å². The maximum atomic E-state index is 3.61. The minimum atomic E-state index is 1.16. The zero-order chi connectivity index (χ0) is 10.2. The summed E-state index contributed by atoms with van der Waals surface area (Å²) in [6.45, 7) is 13.4. The minimum absolute atomic E-state index is 1.16. The highest BCUT2D eigenvalue weighted by molar-refractivity contribution is 5.53. The molecule has 0 fully saturated rings. The Hall–Kier alpha value is -0.850. The van der Waals surface area contributed by atoms with Crippen LogP contribution in [0.25, 0.3) is 0 Å². The lowest BCUT2D eigenvalue weighted by atomic mass is 10.4. The Morgan fingerprint density at radius 3 is 1.75 bits per heavy atom. The van der Waals surface area contributed by atoms with Crippen molar-refractivity contribution in [1.82, 2.24) is 0 Å². The predicted molar refractivity (Wildman–Crippen MR) is 60.8 cm³/mol. The van der Waals surface area contributed by atoms with E-state index < -0.39 is 0 Å². The quantitative estimate of drug-likeness (QED) is 0.433. The topological polar surface area (TPSA) is 12.4 Å². The summed E-state index contributed by atoms with van der Waals surface area (Å²) in [7, 11) is 0. The van der Waals surface area contributed by atoms with Gasteiger partial charge in [0.05, 0.1) is 0 Å². The van der Waals surface area contributed by atoms with Crippen LogP contribution in [0, 0.1) is 0 Å². The summed E-state index contributed by atoms with van der Waals surface area (Å²) < 4.78 is 0. The van der Waals surface area contributed by atoms with Gasteiger partial charge in [-0.2, -0.15) is 0 Å². The first-order chi connectivity index (χ1) is 5.83. The van der Waals surface area contributed by atoms with E-state index in [0.29, 0.717) is 0 Å². The average Bonchev–Trinajstić information content (AvgIpc) is 2.12. The number of rotatable bonds is 2. The van der Waals surface area contributed by atoms with E-state index in [2.05, 4.69) is 30.6 Å². The summed E-state index contributed by atoms with van der Waals surface area (Å²) in [4.78, 5) is 3.61. The second kappa shape index (κ2) is 32.0. The van der Waals surface area contributed by atoms with E-state index in [4.69, 9.17) is 0 Å². The summed E-state index contributed by atoms with van der Waals surface area (Å²) >= 11 is 0. The van der Waals surface area contributed by atoms with Gasteiger partial charge < -0.3 is 0 Å². The molecule has 0 spiro atoms. The highest BCUT2D eigenvalue weighted by Crippen LogP contribution is 1.73. The summed E-state index contributed by atoms with van der Waals surface area (Å²) in [6.07, 6.45) is 8.53. The molecule has 0 N–H and O–H groups in total. The van der Waals surface area contributed by atoms with E-state index in [1.165, 1.54) is 6.20 Å². The van der Waals surface area contributed by atoms with Crippen molar-refractivity contribution < 1.29 is 0 Å². The van der Waals surface area contributed by atoms with Crippen LogP contribution in [0.3, 0.4) is 0 Å². The molecule has 0 saturated carbocycles. The molecule has 0 rings (SSSR count). The molecule has 0 bridgehead atoms. The maximum Gasteiger partial charge on any atom is 0.0191 e. The van der Waals surface area contributed by atoms with Crippen LogP contribution in [0.4, 0.5) is 0 Å². The van der Waals surface area contributed by atoms with Gasteiger partial charge in [-0.05, 0) is 20.3 Å². The summed E-state index contributed by atoms with van der Waals surface area (Å²) in [6, 6.07) is 0. The van der Waals surface area contributed by atoms with Crippen molar-refractivity contribution in [2.45, 2.75) is 41.0 Å². The van der Waals surface area contributed by atoms with Gasteiger partial charge in [0, 0.05) is 12.4 Å². The molecule has 0 aliphatic rings. The zero-order valence-electron chi connectivity index (χ0n) is 9.17. The van der Waals surface area contributed by atoms with Gasteiger partial charge in [-0.1, -0.05) is 39.5 Å². The van der Waals surface area contributed by atoms with Gasteiger partial charge in [0.25, 0.3) is 0 Å². The van der Waals surface area contributed by atoms with Gasteiger partial charge >= 0.3 is 0 Å². The van der Waals surface area contributed by atoms with Gasteiger partial charge in [0.2, 0.25) is 0 Å². The smallest absolute Gasteiger partial charge is 0.0191 e. The molecular weight excluding hydrogens is 146 g/mol. The van der Waals surface area contributed by atoms with Gasteiger partial charge in [-0.15, -0.1) is 0 Å². The molecule has 0 amide bonds. The summed E-state index contributed by atoms with van der Waals surface area (Å²) in [5.74, 6) is 0. The largest absolute Gasteiger partial charge is 0.270 e. The molecule has 0 heterocycles. The third kappa shape index (κ3) is 61.3. The summed E-state index contributed by atoms with van der Waals surface area (Å²) in [5.41, 5.74) is 0. The van der Waals surface area contributed by atoms with Crippen molar-refractivity contribution in [2.24, 2.45) is 4.99 Å². The Balaban J connectivity index is -0.000000112. The van der Waals surface area contributed by atoms with Crippen LogP contribution < -0.4 is 0 Å². The molecule has 0 saturated heterocycles. The number of hydrogen-bond donors (Lipinski definition) is 0. The lowest BCUT2D eigenvalue weighted by Crippen LogP contribution is -1.46. The highest BCUT2D eigenvalue weighted by atomic mass is 14.6. The molecule has 0 unspecified atom stereocenters. The third-order valence-electron chi connectivity index (χ3n) is 0.726. The van der Waals surface area contributed by atoms with Crippen molar-refractivity contribution in [3.05, 3.63) is 24.9 Å². The van der Waals surface area contributed by atoms with Crippen LogP contribution in [0.1, 0.15) is 41.0 Å². The van der Waals surface area contributed by atoms with Crippen LogP contribution >= 0.6 is 0 Å². The minimum Gasteiger partial charge on any atom is -0.270 e. The average molecular weight is 169 g/mol. The fourth-order valence-corrected chi connectivity index (χ4v) is 0.341. The Bertz CT molecular complexity index is 102. The number of nitrogens with zero attached hydrogens (tertiary/aromatic N) is 1. The molecule has 0 aliphatic heterocycles. The van der Waals surface area contributed by atoms with Crippen molar-refractivity contribution in [1.29, 1.82) is 0 Å². The normalized spacial score (nSPS) is 8.42. The molecule has 0 aromatic carbocycles. The number of aliphatic imine (C=N–C) groups is 1. The van der Waals surface area contributed by atoms with E-state index in [9.17, 15) is 0 Å². The lowest BCUT2D eigenvalue weighted by Gasteiger charge is -1.65. The van der Waals surface area contributed by atoms with Crippen molar-refractivity contribution in [3.63, 3.8) is 0 Å². The first kappa shape index (κ1) is 17.3. The molecule has 0 aromatic rings. The number of hydrogen-bond acceptors (Lipinski definition) is 1. The van der Waals surface area contributed by atoms with Gasteiger partial charge in [0.15, 0.2) is 0 Å². The highest BCUT2D eigenvalue weighted by Gasteiger charge is 1.52. The summed E-state index contributed by atoms with van der Waals surface area (Å²) in [5, 5.41) is 0. The molecule has 1 heteroatoms. The third-order valence-corrected chi connectivity index (χ3v) is 0.726. The van der Waals surface area contributed by atoms with E-state index in [0.717, 1.165) is 6.42 Å². The van der Waals surface area contributed by atoms with Crippen molar-refractivity contribution in [3.8, 4) is 0 Å². The first-order valence-corrected chi connectivity index (χ1v) is 4.53. The van der Waals surface area contributed by atoms with Crippen molar-refractivity contribution in [2.75, 3.05) is 0 Å². The monoisotopic (exact) mass is 169 g/mol. The van der Waals surface area contributed by atoms with Gasteiger partial charge in [0.1, 0.15) is 0 Å². The molecular formula is C11H23N. The van der Waals surface area contributed by atoms with Crippen LogP contribution in [0.15, 0.2) is 29.9 Å². The Morgan fingerprint density at radius 1 is 1.25 bits per heavy atom. The molecule has 0 radical (unpaired) electrons. The fraction of sp³-hybridized carbons (Fsp3) is 0.545. The molecule has 72 valence electrons. The zero-order valence-corrected chi connectivity index (χ0v) is 9.17. The van der Waals surface area contributed by atoms with Gasteiger partial charge in [-0.3, -0.25) is 4.99 Å². The standard InChI is InChI=1S/C5H10.C4H7N.C2H6/c2*1-3-5-4-2;1-2/h3,5H,4H2,1-2H3;3-4H,1H2,2H3;1-2H3/b5-3-;;. The molecule has 12 heavy (non-hydrogen) atoms. The van der Waals surface area contributed by atoms with E-state index in [-0.39, 0.29) is 0 Å². The van der Waals surface area contributed by atoms with Crippen molar-refractivity contribution >= 4 is 6.21 Å². The Kier molecular flexibility index (Phi) is 46.2. The van der Waals surface area contributed by atoms with Crippen LogP contribution in [-0.4, -0.2) is 6.21 Å².